The minimum Gasteiger partial charge on any atom is -0.497 e. The van der Waals surface area contributed by atoms with E-state index in [2.05, 4.69) is 10.3 Å². The lowest BCUT2D eigenvalue weighted by molar-refractivity contribution is -0.115. The van der Waals surface area contributed by atoms with Crippen LogP contribution in [0.5, 0.6) is 17.2 Å². The second-order valence-corrected chi connectivity index (χ2v) is 8.35. The number of rotatable bonds is 10. The Bertz CT molecular complexity index is 969. The van der Waals surface area contributed by atoms with Gasteiger partial charge in [-0.2, -0.15) is 0 Å². The standard InChI is InChI=1S/C22H24N2O4S2/c1-4-28-20-8-6-5-7-19(20)24-21(25)11-16-14-30-22(23-16)29-13-15-9-17(26-2)12-18(10-15)27-3/h5-10,12,14H,4,11,13H2,1-3H3,(H,24,25). The third-order valence-corrected chi connectivity index (χ3v) is 6.25. The summed E-state index contributed by atoms with van der Waals surface area (Å²) in [6, 6.07) is 13.2. The highest BCUT2D eigenvalue weighted by Gasteiger charge is 2.11. The number of thiazole rings is 1. The van der Waals surface area contributed by atoms with Gasteiger partial charge in [0.05, 0.1) is 38.6 Å². The van der Waals surface area contributed by atoms with Gasteiger partial charge in [-0.05, 0) is 36.8 Å². The fraction of sp³-hybridized carbons (Fsp3) is 0.273. The zero-order valence-electron chi connectivity index (χ0n) is 17.1. The number of ether oxygens (including phenoxy) is 3. The van der Waals surface area contributed by atoms with Crippen LogP contribution in [0.1, 0.15) is 18.2 Å². The average molecular weight is 445 g/mol. The number of anilines is 1. The maximum Gasteiger partial charge on any atom is 0.230 e. The van der Waals surface area contributed by atoms with Crippen molar-refractivity contribution in [1.29, 1.82) is 0 Å². The van der Waals surface area contributed by atoms with Gasteiger partial charge in [0.25, 0.3) is 0 Å². The van der Waals surface area contributed by atoms with Crippen LogP contribution in [0, 0.1) is 0 Å². The zero-order valence-corrected chi connectivity index (χ0v) is 18.8. The first-order valence-corrected chi connectivity index (χ1v) is 11.3. The maximum absolute atomic E-state index is 12.4. The Balaban J connectivity index is 1.57. The Morgan fingerprint density at radius 1 is 1.13 bits per heavy atom. The van der Waals surface area contributed by atoms with Crippen LogP contribution in [-0.2, 0) is 17.0 Å². The van der Waals surface area contributed by atoms with Gasteiger partial charge in [0.1, 0.15) is 21.6 Å². The monoisotopic (exact) mass is 444 g/mol. The molecule has 30 heavy (non-hydrogen) atoms. The number of carbonyl (C=O) groups excluding carboxylic acids is 1. The summed E-state index contributed by atoms with van der Waals surface area (Å²) in [5, 5.41) is 4.82. The molecule has 0 radical (unpaired) electrons. The van der Waals surface area contributed by atoms with Crippen LogP contribution in [0.2, 0.25) is 0 Å². The molecule has 3 aromatic rings. The molecule has 1 amide bonds. The molecule has 0 atom stereocenters. The Morgan fingerprint density at radius 3 is 2.57 bits per heavy atom. The van der Waals surface area contributed by atoms with E-state index in [0.717, 1.165) is 32.8 Å². The first-order chi connectivity index (χ1) is 14.6. The van der Waals surface area contributed by atoms with Gasteiger partial charge in [-0.3, -0.25) is 4.79 Å². The van der Waals surface area contributed by atoms with Crippen molar-refractivity contribution >= 4 is 34.7 Å². The molecule has 0 saturated heterocycles. The number of aromatic nitrogens is 1. The van der Waals surface area contributed by atoms with E-state index in [1.165, 1.54) is 11.3 Å². The predicted octanol–water partition coefficient (Wildman–Crippen LogP) is 5.03. The Labute approximate surface area is 184 Å². The van der Waals surface area contributed by atoms with Gasteiger partial charge in [-0.25, -0.2) is 4.98 Å². The van der Waals surface area contributed by atoms with Crippen LogP contribution in [0.25, 0.3) is 0 Å². The van der Waals surface area contributed by atoms with Crippen LogP contribution in [0.4, 0.5) is 5.69 Å². The number of carbonyl (C=O) groups is 1. The molecule has 0 aliphatic carbocycles. The van der Waals surface area contributed by atoms with E-state index >= 15 is 0 Å². The summed E-state index contributed by atoms with van der Waals surface area (Å²) >= 11 is 3.15. The van der Waals surface area contributed by atoms with E-state index in [0.29, 0.717) is 18.0 Å². The van der Waals surface area contributed by atoms with Gasteiger partial charge in [-0.15, -0.1) is 11.3 Å². The van der Waals surface area contributed by atoms with E-state index in [4.69, 9.17) is 14.2 Å². The SMILES string of the molecule is CCOc1ccccc1NC(=O)Cc1csc(SCc2cc(OC)cc(OC)c2)n1. The van der Waals surface area contributed by atoms with Crippen molar-refractivity contribution in [1.82, 2.24) is 4.98 Å². The molecule has 0 fully saturated rings. The van der Waals surface area contributed by atoms with Crippen molar-refractivity contribution in [3.05, 3.63) is 59.1 Å². The average Bonchev–Trinajstić information content (AvgIpc) is 3.20. The van der Waals surface area contributed by atoms with Crippen LogP contribution >= 0.6 is 23.1 Å². The number of para-hydroxylation sites is 2. The first kappa shape index (κ1) is 22.0. The summed E-state index contributed by atoms with van der Waals surface area (Å²) < 4.78 is 17.1. The third-order valence-electron chi connectivity index (χ3n) is 4.11. The fourth-order valence-electron chi connectivity index (χ4n) is 2.74. The van der Waals surface area contributed by atoms with E-state index in [9.17, 15) is 4.79 Å². The molecular formula is C22H24N2O4S2. The van der Waals surface area contributed by atoms with Gasteiger partial charge in [0.2, 0.25) is 5.91 Å². The van der Waals surface area contributed by atoms with Crippen molar-refractivity contribution in [2.45, 2.75) is 23.4 Å². The highest BCUT2D eigenvalue weighted by atomic mass is 32.2. The molecule has 8 heteroatoms. The van der Waals surface area contributed by atoms with Crippen LogP contribution in [-0.4, -0.2) is 31.7 Å². The number of methoxy groups -OCH3 is 2. The Morgan fingerprint density at radius 2 is 1.87 bits per heavy atom. The summed E-state index contributed by atoms with van der Waals surface area (Å²) in [5.74, 6) is 2.79. The summed E-state index contributed by atoms with van der Waals surface area (Å²) in [6.07, 6.45) is 0.213. The quantitative estimate of drug-likeness (QED) is 0.442. The molecular weight excluding hydrogens is 420 g/mol. The van der Waals surface area contributed by atoms with Gasteiger partial charge in [-0.1, -0.05) is 23.9 Å². The van der Waals surface area contributed by atoms with Crippen molar-refractivity contribution in [2.75, 3.05) is 26.1 Å². The Hall–Kier alpha value is -2.71. The lowest BCUT2D eigenvalue weighted by Gasteiger charge is -2.10. The molecule has 1 aromatic heterocycles. The summed E-state index contributed by atoms with van der Waals surface area (Å²) in [6.45, 7) is 2.45. The molecule has 6 nitrogen and oxygen atoms in total. The normalized spacial score (nSPS) is 10.5. The van der Waals surface area contributed by atoms with Gasteiger partial charge < -0.3 is 19.5 Å². The number of benzene rings is 2. The fourth-order valence-corrected chi connectivity index (χ4v) is 4.52. The van der Waals surface area contributed by atoms with E-state index in [1.54, 1.807) is 26.0 Å². The minimum absolute atomic E-state index is 0.124. The molecule has 3 rings (SSSR count). The van der Waals surface area contributed by atoms with Crippen molar-refractivity contribution in [2.24, 2.45) is 0 Å². The molecule has 0 aliphatic heterocycles. The number of nitrogens with one attached hydrogen (secondary N) is 1. The number of hydrogen-bond acceptors (Lipinski definition) is 7. The van der Waals surface area contributed by atoms with Gasteiger partial charge in [0.15, 0.2) is 0 Å². The number of thioether (sulfide) groups is 1. The smallest absolute Gasteiger partial charge is 0.230 e. The third kappa shape index (κ3) is 6.14. The van der Waals surface area contributed by atoms with E-state index < -0.39 is 0 Å². The van der Waals surface area contributed by atoms with Crippen molar-refractivity contribution < 1.29 is 19.0 Å². The second kappa shape index (κ2) is 10.9. The molecule has 0 bridgehead atoms. The molecule has 1 N–H and O–H groups in total. The molecule has 0 spiro atoms. The lowest BCUT2D eigenvalue weighted by atomic mass is 10.2. The van der Waals surface area contributed by atoms with E-state index in [-0.39, 0.29) is 12.3 Å². The topological polar surface area (TPSA) is 69.7 Å². The van der Waals surface area contributed by atoms with Gasteiger partial charge in [0, 0.05) is 17.2 Å². The molecule has 1 heterocycles. The van der Waals surface area contributed by atoms with E-state index in [1.807, 2.05) is 54.8 Å². The first-order valence-electron chi connectivity index (χ1n) is 9.42. The minimum atomic E-state index is -0.124. The maximum atomic E-state index is 12.4. The van der Waals surface area contributed by atoms with Gasteiger partial charge >= 0.3 is 0 Å². The molecule has 0 unspecified atom stereocenters. The largest absolute Gasteiger partial charge is 0.497 e. The predicted molar refractivity (Wildman–Crippen MR) is 121 cm³/mol. The molecule has 0 aliphatic rings. The van der Waals surface area contributed by atoms with Crippen LogP contribution in [0.3, 0.4) is 0 Å². The lowest BCUT2D eigenvalue weighted by Crippen LogP contribution is -2.15. The number of hydrogen-bond donors (Lipinski definition) is 1. The number of amides is 1. The highest BCUT2D eigenvalue weighted by molar-refractivity contribution is 8.00. The van der Waals surface area contributed by atoms with Crippen molar-refractivity contribution in [3.63, 3.8) is 0 Å². The molecule has 158 valence electrons. The molecule has 0 saturated carbocycles. The summed E-state index contributed by atoms with van der Waals surface area (Å²) in [7, 11) is 3.27. The summed E-state index contributed by atoms with van der Waals surface area (Å²) in [4.78, 5) is 17.0. The second-order valence-electron chi connectivity index (χ2n) is 6.27. The Kier molecular flexibility index (Phi) is 7.98. The van der Waals surface area contributed by atoms with Crippen LogP contribution < -0.4 is 19.5 Å². The number of nitrogens with zero attached hydrogens (tertiary/aromatic N) is 1. The van der Waals surface area contributed by atoms with Crippen LogP contribution in [0.15, 0.2) is 52.2 Å². The van der Waals surface area contributed by atoms with Crippen molar-refractivity contribution in [3.8, 4) is 17.2 Å². The molecule has 2 aromatic carbocycles. The zero-order chi connectivity index (χ0) is 21.3. The summed E-state index contributed by atoms with van der Waals surface area (Å²) in [5.41, 5.74) is 2.50. The highest BCUT2D eigenvalue weighted by Crippen LogP contribution is 2.30.